The molecule has 0 atom stereocenters. The van der Waals surface area contributed by atoms with Crippen LogP contribution in [0.5, 0.6) is 0 Å². The maximum absolute atomic E-state index is 11.5. The number of nitrogens with zero attached hydrogens (tertiary/aromatic N) is 1. The molecule has 1 aromatic heterocycles. The average Bonchev–Trinajstić information content (AvgIpc) is 3.04. The number of benzene rings is 2. The molecule has 0 saturated heterocycles. The number of aliphatic imine (C=N–C) groups is 1. The Balaban J connectivity index is 0.00000280. The molecule has 0 aliphatic heterocycles. The number of rotatable bonds is 5. The van der Waals surface area contributed by atoms with E-state index in [-0.39, 0.29) is 29.9 Å². The molecular weight excluding hydrogens is 469 g/mol. The number of ether oxygens (including phenoxy) is 1. The lowest BCUT2D eigenvalue weighted by atomic mass is 10.1. The highest BCUT2D eigenvalue weighted by atomic mass is 127. The average molecular weight is 493 g/mol. The molecule has 0 aliphatic carbocycles. The number of nitrogens with one attached hydrogen (secondary N) is 2. The molecule has 3 rings (SSSR count). The molecule has 0 saturated carbocycles. The number of hydrogen-bond acceptors (Lipinski definition) is 4. The molecule has 1 heterocycles. The van der Waals surface area contributed by atoms with E-state index in [1.807, 2.05) is 30.3 Å². The van der Waals surface area contributed by atoms with E-state index >= 15 is 0 Å². The standard InChI is InChI=1S/C21H23N3O3.HI/c1-14-17-6-4-5-7-18(17)27-19(14)13-24-21(22-2)23-12-15-8-10-16(11-9-15)20(25)26-3;/h4-11H,12-13H2,1-3H3,(H2,22,23,24);1H. The van der Waals surface area contributed by atoms with Gasteiger partial charge in [0.25, 0.3) is 0 Å². The Morgan fingerprint density at radius 1 is 1.07 bits per heavy atom. The van der Waals surface area contributed by atoms with Gasteiger partial charge in [-0.1, -0.05) is 30.3 Å². The second-order valence-corrected chi connectivity index (χ2v) is 6.11. The molecule has 2 aromatic carbocycles. The fraction of sp³-hybridized carbons (Fsp3) is 0.238. The predicted octanol–water partition coefficient (Wildman–Crippen LogP) is 4.01. The van der Waals surface area contributed by atoms with Crippen molar-refractivity contribution in [3.8, 4) is 0 Å². The van der Waals surface area contributed by atoms with Crippen molar-refractivity contribution in [1.82, 2.24) is 10.6 Å². The Kier molecular flexibility index (Phi) is 7.86. The highest BCUT2D eigenvalue weighted by molar-refractivity contribution is 14.0. The zero-order chi connectivity index (χ0) is 19.2. The third kappa shape index (κ3) is 5.03. The Bertz CT molecular complexity index is 965. The summed E-state index contributed by atoms with van der Waals surface area (Å²) in [5.74, 6) is 1.22. The molecule has 0 spiro atoms. The molecule has 0 amide bonds. The predicted molar refractivity (Wildman–Crippen MR) is 121 cm³/mol. The topological polar surface area (TPSA) is 75.9 Å². The number of carbonyl (C=O) groups is 1. The van der Waals surface area contributed by atoms with Crippen LogP contribution in [0, 0.1) is 6.92 Å². The number of para-hydroxylation sites is 1. The number of hydrogen-bond donors (Lipinski definition) is 2. The lowest BCUT2D eigenvalue weighted by Crippen LogP contribution is -2.36. The number of furan rings is 1. The van der Waals surface area contributed by atoms with E-state index in [9.17, 15) is 4.79 Å². The van der Waals surface area contributed by atoms with E-state index in [0.29, 0.717) is 24.6 Å². The lowest BCUT2D eigenvalue weighted by molar-refractivity contribution is 0.0600. The smallest absolute Gasteiger partial charge is 0.337 e. The number of carbonyl (C=O) groups excluding carboxylic acids is 1. The van der Waals surface area contributed by atoms with Crippen LogP contribution in [0.3, 0.4) is 0 Å². The monoisotopic (exact) mass is 493 g/mol. The fourth-order valence-corrected chi connectivity index (χ4v) is 2.84. The first kappa shape index (κ1) is 21.7. The number of esters is 1. The number of aryl methyl sites for hydroxylation is 1. The van der Waals surface area contributed by atoms with Gasteiger partial charge in [0, 0.05) is 24.5 Å². The summed E-state index contributed by atoms with van der Waals surface area (Å²) in [7, 11) is 3.10. The van der Waals surface area contributed by atoms with Gasteiger partial charge >= 0.3 is 5.97 Å². The van der Waals surface area contributed by atoms with Gasteiger partial charge in [0.15, 0.2) is 5.96 Å². The number of guanidine groups is 1. The van der Waals surface area contributed by atoms with Crippen molar-refractivity contribution in [2.75, 3.05) is 14.2 Å². The first-order chi connectivity index (χ1) is 13.1. The zero-order valence-electron chi connectivity index (χ0n) is 16.1. The number of fused-ring (bicyclic) bond motifs is 1. The molecule has 148 valence electrons. The van der Waals surface area contributed by atoms with E-state index in [2.05, 4.69) is 28.6 Å². The summed E-state index contributed by atoms with van der Waals surface area (Å²) in [6.07, 6.45) is 0. The zero-order valence-corrected chi connectivity index (χ0v) is 18.4. The third-order valence-electron chi connectivity index (χ3n) is 4.42. The van der Waals surface area contributed by atoms with Crippen LogP contribution >= 0.6 is 24.0 Å². The first-order valence-corrected chi connectivity index (χ1v) is 8.71. The summed E-state index contributed by atoms with van der Waals surface area (Å²) >= 11 is 0. The first-order valence-electron chi connectivity index (χ1n) is 8.71. The molecule has 2 N–H and O–H groups in total. The summed E-state index contributed by atoms with van der Waals surface area (Å²) in [6.45, 7) is 3.18. The molecule has 28 heavy (non-hydrogen) atoms. The van der Waals surface area contributed by atoms with Crippen LogP contribution in [0.1, 0.15) is 27.2 Å². The second-order valence-electron chi connectivity index (χ2n) is 6.11. The van der Waals surface area contributed by atoms with Gasteiger partial charge in [0.2, 0.25) is 0 Å². The van der Waals surface area contributed by atoms with E-state index < -0.39 is 0 Å². The Morgan fingerprint density at radius 2 is 1.75 bits per heavy atom. The maximum Gasteiger partial charge on any atom is 0.337 e. The summed E-state index contributed by atoms with van der Waals surface area (Å²) in [4.78, 5) is 15.7. The van der Waals surface area contributed by atoms with E-state index in [1.165, 1.54) is 7.11 Å². The highest BCUT2D eigenvalue weighted by Gasteiger charge is 2.10. The van der Waals surface area contributed by atoms with Crippen molar-refractivity contribution in [3.63, 3.8) is 0 Å². The fourth-order valence-electron chi connectivity index (χ4n) is 2.84. The summed E-state index contributed by atoms with van der Waals surface area (Å²) in [6, 6.07) is 15.3. The molecule has 0 bridgehead atoms. The third-order valence-corrected chi connectivity index (χ3v) is 4.42. The van der Waals surface area contributed by atoms with Crippen LogP contribution in [-0.2, 0) is 17.8 Å². The van der Waals surface area contributed by atoms with E-state index in [1.54, 1.807) is 19.2 Å². The van der Waals surface area contributed by atoms with Crippen molar-refractivity contribution >= 4 is 46.9 Å². The van der Waals surface area contributed by atoms with Crippen LogP contribution in [0.15, 0.2) is 57.9 Å². The van der Waals surface area contributed by atoms with Crippen LogP contribution in [0.25, 0.3) is 11.0 Å². The minimum atomic E-state index is -0.340. The van der Waals surface area contributed by atoms with Crippen molar-refractivity contribution in [3.05, 3.63) is 71.0 Å². The number of methoxy groups -OCH3 is 1. The van der Waals surface area contributed by atoms with Gasteiger partial charge < -0.3 is 19.8 Å². The van der Waals surface area contributed by atoms with Gasteiger partial charge in [-0.3, -0.25) is 4.99 Å². The lowest BCUT2D eigenvalue weighted by Gasteiger charge is -2.11. The van der Waals surface area contributed by atoms with Crippen LogP contribution in [0.2, 0.25) is 0 Å². The normalized spacial score (nSPS) is 11.0. The molecular formula is C21H24IN3O3. The maximum atomic E-state index is 11.5. The van der Waals surface area contributed by atoms with Gasteiger partial charge in [-0.2, -0.15) is 0 Å². The number of halogens is 1. The van der Waals surface area contributed by atoms with Crippen molar-refractivity contribution in [1.29, 1.82) is 0 Å². The molecule has 0 aliphatic rings. The SMILES string of the molecule is CN=C(NCc1ccc(C(=O)OC)cc1)NCc1oc2ccccc2c1C.I. The van der Waals surface area contributed by atoms with Crippen LogP contribution in [-0.4, -0.2) is 26.1 Å². The quantitative estimate of drug-likeness (QED) is 0.243. The second kappa shape index (κ2) is 10.1. The molecule has 0 fully saturated rings. The van der Waals surface area contributed by atoms with E-state index in [4.69, 9.17) is 9.15 Å². The Morgan fingerprint density at radius 3 is 2.39 bits per heavy atom. The largest absolute Gasteiger partial charge is 0.465 e. The minimum absolute atomic E-state index is 0. The summed E-state index contributed by atoms with van der Waals surface area (Å²) < 4.78 is 10.6. The Labute approximate surface area is 181 Å². The van der Waals surface area contributed by atoms with Gasteiger partial charge in [0.1, 0.15) is 11.3 Å². The van der Waals surface area contributed by atoms with E-state index in [0.717, 1.165) is 27.9 Å². The van der Waals surface area contributed by atoms with Crippen molar-refractivity contribution in [2.24, 2.45) is 4.99 Å². The summed E-state index contributed by atoms with van der Waals surface area (Å²) in [5.41, 5.74) is 3.59. The molecule has 7 heteroatoms. The molecule has 3 aromatic rings. The van der Waals surface area contributed by atoms with Gasteiger partial charge in [-0.25, -0.2) is 4.79 Å². The van der Waals surface area contributed by atoms with Gasteiger partial charge in [0.05, 0.1) is 19.2 Å². The van der Waals surface area contributed by atoms with Gasteiger partial charge in [-0.05, 0) is 30.7 Å². The van der Waals surface area contributed by atoms with Crippen molar-refractivity contribution < 1.29 is 13.9 Å². The minimum Gasteiger partial charge on any atom is -0.465 e. The Hall–Kier alpha value is -2.55. The van der Waals surface area contributed by atoms with Gasteiger partial charge in [-0.15, -0.1) is 24.0 Å². The highest BCUT2D eigenvalue weighted by Crippen LogP contribution is 2.24. The van der Waals surface area contributed by atoms with Crippen molar-refractivity contribution in [2.45, 2.75) is 20.0 Å². The van der Waals surface area contributed by atoms with Crippen LogP contribution < -0.4 is 10.6 Å². The summed E-state index contributed by atoms with van der Waals surface area (Å²) in [5, 5.41) is 7.65. The molecule has 0 unspecified atom stereocenters. The van der Waals surface area contributed by atoms with Crippen LogP contribution in [0.4, 0.5) is 0 Å². The molecule has 6 nitrogen and oxygen atoms in total. The molecule has 0 radical (unpaired) electrons.